The van der Waals surface area contributed by atoms with Crippen molar-refractivity contribution in [1.29, 1.82) is 0 Å². The maximum atomic E-state index is 12.6. The molecule has 25 heavy (non-hydrogen) atoms. The van der Waals surface area contributed by atoms with Crippen molar-refractivity contribution in [1.82, 2.24) is 0 Å². The van der Waals surface area contributed by atoms with Crippen molar-refractivity contribution >= 4 is 5.78 Å². The lowest BCUT2D eigenvalue weighted by atomic mass is 9.92. The number of phenolic OH excluding ortho intramolecular Hbond substituents is 2. The molecule has 0 aromatic heterocycles. The highest BCUT2D eigenvalue weighted by molar-refractivity contribution is 6.03. The first-order chi connectivity index (χ1) is 11.9. The van der Waals surface area contributed by atoms with E-state index >= 15 is 0 Å². The molecule has 130 valence electrons. The van der Waals surface area contributed by atoms with E-state index in [0.717, 1.165) is 17.2 Å². The predicted molar refractivity (Wildman–Crippen MR) is 91.1 cm³/mol. The Morgan fingerprint density at radius 2 is 1.96 bits per heavy atom. The van der Waals surface area contributed by atoms with Crippen LogP contribution in [0.15, 0.2) is 42.0 Å². The molecular formula is C20H19O5-. The zero-order chi connectivity index (χ0) is 18.1. The van der Waals surface area contributed by atoms with Gasteiger partial charge >= 0.3 is 0 Å². The third-order valence-corrected chi connectivity index (χ3v) is 4.21. The number of allylic oxidation sites excluding steroid dienone is 2. The number of carbonyl (C=O) groups excluding carboxylic acids is 1. The second-order valence-corrected chi connectivity index (χ2v) is 6.39. The van der Waals surface area contributed by atoms with Gasteiger partial charge in [-0.3, -0.25) is 4.79 Å². The topological polar surface area (TPSA) is 89.8 Å². The molecule has 5 nitrogen and oxygen atoms in total. The summed E-state index contributed by atoms with van der Waals surface area (Å²) in [5.74, 6) is -0.676. The molecule has 0 saturated heterocycles. The molecular weight excluding hydrogens is 320 g/mol. The number of ketones is 1. The molecule has 2 aromatic carbocycles. The molecule has 3 rings (SSSR count). The van der Waals surface area contributed by atoms with Gasteiger partial charge in [-0.15, -0.1) is 0 Å². The van der Waals surface area contributed by atoms with Crippen molar-refractivity contribution in [2.75, 3.05) is 0 Å². The van der Waals surface area contributed by atoms with Crippen LogP contribution in [-0.2, 0) is 6.42 Å². The smallest absolute Gasteiger partial charge is 0.174 e. The van der Waals surface area contributed by atoms with Crippen LogP contribution in [0.1, 0.15) is 47.9 Å². The lowest BCUT2D eigenvalue weighted by Crippen LogP contribution is -2.22. The van der Waals surface area contributed by atoms with E-state index in [0.29, 0.717) is 12.0 Å². The minimum absolute atomic E-state index is 0.0611. The van der Waals surface area contributed by atoms with Crippen molar-refractivity contribution in [3.63, 3.8) is 0 Å². The van der Waals surface area contributed by atoms with Crippen LogP contribution in [0, 0.1) is 0 Å². The van der Waals surface area contributed by atoms with Gasteiger partial charge in [0.25, 0.3) is 0 Å². The van der Waals surface area contributed by atoms with Gasteiger partial charge < -0.3 is 20.1 Å². The van der Waals surface area contributed by atoms with Crippen LogP contribution in [-0.4, -0.2) is 16.0 Å². The van der Waals surface area contributed by atoms with Gasteiger partial charge in [-0.25, -0.2) is 0 Å². The molecule has 0 radical (unpaired) electrons. The minimum atomic E-state index is -0.563. The molecule has 1 atom stereocenters. The molecule has 1 aliphatic rings. The van der Waals surface area contributed by atoms with Crippen molar-refractivity contribution in [2.24, 2.45) is 0 Å². The molecule has 0 aliphatic carbocycles. The zero-order valence-corrected chi connectivity index (χ0v) is 14.1. The third-order valence-electron chi connectivity index (χ3n) is 4.21. The Balaban J connectivity index is 2.07. The molecule has 1 aliphatic heterocycles. The lowest BCUT2D eigenvalue weighted by molar-refractivity contribution is -0.269. The standard InChI is InChI=1S/C20H20O5/c1-11(2)3-8-14-15(22)9-16(23)19-17(24)10-18(25-20(14)19)12-4-6-13(21)7-5-12/h3-7,9,18,21-23H,8,10H2,1-2H3/p-1/t18-/m0/s1. The summed E-state index contributed by atoms with van der Waals surface area (Å²) >= 11 is 0. The van der Waals surface area contributed by atoms with Gasteiger partial charge in [-0.05, 0) is 49.6 Å². The number of ether oxygens (including phenoxy) is 1. The molecule has 0 bridgehead atoms. The number of Topliss-reactive ketones (excluding diaryl/α,β-unsaturated/α-hetero) is 1. The molecule has 0 amide bonds. The quantitative estimate of drug-likeness (QED) is 0.837. The van der Waals surface area contributed by atoms with Crippen LogP contribution >= 0.6 is 0 Å². The Morgan fingerprint density at radius 1 is 1.28 bits per heavy atom. The fourth-order valence-electron chi connectivity index (χ4n) is 2.89. The Hall–Kier alpha value is -2.95. The van der Waals surface area contributed by atoms with Gasteiger partial charge in [-0.2, -0.15) is 0 Å². The average molecular weight is 339 g/mol. The van der Waals surface area contributed by atoms with Crippen LogP contribution in [0.2, 0.25) is 0 Å². The number of benzene rings is 2. The number of carbonyl (C=O) groups is 1. The largest absolute Gasteiger partial charge is 0.872 e. The summed E-state index contributed by atoms with van der Waals surface area (Å²) in [7, 11) is 0. The van der Waals surface area contributed by atoms with Gasteiger partial charge in [0, 0.05) is 0 Å². The highest BCUT2D eigenvalue weighted by Gasteiger charge is 2.32. The van der Waals surface area contributed by atoms with E-state index in [4.69, 9.17) is 4.74 Å². The van der Waals surface area contributed by atoms with Crippen molar-refractivity contribution in [3.8, 4) is 23.0 Å². The van der Waals surface area contributed by atoms with E-state index < -0.39 is 6.10 Å². The first kappa shape index (κ1) is 16.9. The van der Waals surface area contributed by atoms with Crippen LogP contribution < -0.4 is 9.84 Å². The Kier molecular flexibility index (Phi) is 4.40. The fraction of sp³-hybridized carbons (Fsp3) is 0.250. The second kappa shape index (κ2) is 6.51. The molecule has 0 unspecified atom stereocenters. The fourth-order valence-corrected chi connectivity index (χ4v) is 2.89. The van der Waals surface area contributed by atoms with Gasteiger partial charge in [0.2, 0.25) is 0 Å². The monoisotopic (exact) mass is 339 g/mol. The summed E-state index contributed by atoms with van der Waals surface area (Å²) in [6, 6.07) is 7.47. The Morgan fingerprint density at radius 3 is 2.60 bits per heavy atom. The van der Waals surface area contributed by atoms with E-state index in [1.54, 1.807) is 12.1 Å². The van der Waals surface area contributed by atoms with Crippen molar-refractivity contribution < 1.29 is 24.9 Å². The van der Waals surface area contributed by atoms with Gasteiger partial charge in [0.05, 0.1) is 6.42 Å². The summed E-state index contributed by atoms with van der Waals surface area (Å²) in [5, 5.41) is 31.8. The lowest BCUT2D eigenvalue weighted by Gasteiger charge is -2.30. The number of rotatable bonds is 3. The molecule has 2 N–H and O–H groups in total. The summed E-state index contributed by atoms with van der Waals surface area (Å²) < 4.78 is 5.96. The molecule has 0 saturated carbocycles. The number of hydrogen-bond donors (Lipinski definition) is 2. The second-order valence-electron chi connectivity index (χ2n) is 6.39. The van der Waals surface area contributed by atoms with E-state index in [-0.39, 0.29) is 40.8 Å². The SMILES string of the molecule is CC(C)=CCc1c([O-])cc(O)c2c1O[C@H](c1ccc(O)cc1)CC2=O. The highest BCUT2D eigenvalue weighted by Crippen LogP contribution is 2.44. The van der Waals surface area contributed by atoms with Gasteiger partial charge in [-0.1, -0.05) is 29.5 Å². The van der Waals surface area contributed by atoms with E-state index in [2.05, 4.69) is 0 Å². The average Bonchev–Trinajstić information content (AvgIpc) is 2.54. The molecule has 0 fully saturated rings. The van der Waals surface area contributed by atoms with Gasteiger partial charge in [0.1, 0.15) is 28.9 Å². The molecule has 1 heterocycles. The van der Waals surface area contributed by atoms with Crippen molar-refractivity contribution in [3.05, 3.63) is 58.7 Å². The maximum absolute atomic E-state index is 12.6. The minimum Gasteiger partial charge on any atom is -0.872 e. The Bertz CT molecular complexity index is 845. The van der Waals surface area contributed by atoms with Crippen LogP contribution in [0.25, 0.3) is 0 Å². The molecule has 5 heteroatoms. The van der Waals surface area contributed by atoms with Crippen LogP contribution in [0.5, 0.6) is 23.0 Å². The number of phenols is 2. The number of aromatic hydroxyl groups is 2. The van der Waals surface area contributed by atoms with Crippen molar-refractivity contribution in [2.45, 2.75) is 32.8 Å². The van der Waals surface area contributed by atoms with Crippen LogP contribution in [0.3, 0.4) is 0 Å². The maximum Gasteiger partial charge on any atom is 0.174 e. The summed E-state index contributed by atoms with van der Waals surface area (Å²) in [6.45, 7) is 3.84. The molecule has 2 aromatic rings. The first-order valence-electron chi connectivity index (χ1n) is 8.04. The molecule has 0 spiro atoms. The number of hydrogen-bond acceptors (Lipinski definition) is 5. The highest BCUT2D eigenvalue weighted by atomic mass is 16.5. The first-order valence-corrected chi connectivity index (χ1v) is 8.04. The van der Waals surface area contributed by atoms with E-state index in [1.165, 1.54) is 12.1 Å². The zero-order valence-electron chi connectivity index (χ0n) is 14.1. The summed E-state index contributed by atoms with van der Waals surface area (Å²) in [4.78, 5) is 12.6. The Labute approximate surface area is 145 Å². The van der Waals surface area contributed by atoms with Crippen LogP contribution in [0.4, 0.5) is 0 Å². The predicted octanol–water partition coefficient (Wildman–Crippen LogP) is 3.39. The van der Waals surface area contributed by atoms with E-state index in [9.17, 15) is 20.1 Å². The number of fused-ring (bicyclic) bond motifs is 1. The third kappa shape index (κ3) is 3.31. The summed E-state index contributed by atoms with van der Waals surface area (Å²) in [6.07, 6.45) is 1.71. The van der Waals surface area contributed by atoms with E-state index in [1.807, 2.05) is 19.9 Å². The van der Waals surface area contributed by atoms with Gasteiger partial charge in [0.15, 0.2) is 5.78 Å². The normalized spacial score (nSPS) is 16.1. The summed E-state index contributed by atoms with van der Waals surface area (Å²) in [5.41, 5.74) is 2.21.